The van der Waals surface area contributed by atoms with Gasteiger partial charge < -0.3 is 15.6 Å². The Morgan fingerprint density at radius 3 is 2.84 bits per heavy atom. The molecule has 3 N–H and O–H groups in total. The van der Waals surface area contributed by atoms with E-state index in [0.29, 0.717) is 19.5 Å². The number of imidazole rings is 1. The van der Waals surface area contributed by atoms with Crippen molar-refractivity contribution in [1.29, 1.82) is 0 Å². The largest absolute Gasteiger partial charge is 0.354 e. The van der Waals surface area contributed by atoms with Crippen LogP contribution in [0.4, 0.5) is 0 Å². The summed E-state index contributed by atoms with van der Waals surface area (Å²) in [4.78, 5) is 15.6. The van der Waals surface area contributed by atoms with Crippen molar-refractivity contribution < 1.29 is 4.79 Å². The second-order valence-electron chi connectivity index (χ2n) is 4.37. The molecule has 0 bridgehead atoms. The van der Waals surface area contributed by atoms with E-state index in [4.69, 9.17) is 5.73 Å². The van der Waals surface area contributed by atoms with E-state index < -0.39 is 0 Å². The molecule has 2 rings (SSSR count). The molecule has 1 aromatic heterocycles. The van der Waals surface area contributed by atoms with E-state index in [1.165, 1.54) is 0 Å². The lowest BCUT2D eigenvalue weighted by atomic mass is 10.1. The average Bonchev–Trinajstić information content (AvgIpc) is 2.96. The number of aromatic nitrogens is 2. The van der Waals surface area contributed by atoms with E-state index in [9.17, 15) is 4.79 Å². The highest BCUT2D eigenvalue weighted by Gasteiger charge is 2.07. The van der Waals surface area contributed by atoms with Gasteiger partial charge in [0.2, 0.25) is 5.91 Å². The van der Waals surface area contributed by atoms with Gasteiger partial charge in [-0.05, 0) is 5.56 Å². The summed E-state index contributed by atoms with van der Waals surface area (Å²) < 4.78 is 1.87. The number of benzene rings is 1. The molecule has 0 spiro atoms. The lowest BCUT2D eigenvalue weighted by Crippen LogP contribution is -2.32. The number of rotatable bonds is 6. The fourth-order valence-corrected chi connectivity index (χ4v) is 1.78. The van der Waals surface area contributed by atoms with Gasteiger partial charge in [-0.3, -0.25) is 4.79 Å². The molecule has 1 aromatic carbocycles. The maximum absolute atomic E-state index is 11.7. The van der Waals surface area contributed by atoms with Gasteiger partial charge in [-0.2, -0.15) is 0 Å². The Balaban J connectivity index is 1.71. The first kappa shape index (κ1) is 13.3. The van der Waals surface area contributed by atoms with Gasteiger partial charge in [0.1, 0.15) is 0 Å². The lowest BCUT2D eigenvalue weighted by Gasteiger charge is -2.13. The number of nitrogens with zero attached hydrogens (tertiary/aromatic N) is 2. The summed E-state index contributed by atoms with van der Waals surface area (Å²) in [5, 5.41) is 2.85. The normalized spacial score (nSPS) is 12.1. The van der Waals surface area contributed by atoms with Crippen molar-refractivity contribution in [3.63, 3.8) is 0 Å². The van der Waals surface area contributed by atoms with Crippen LogP contribution in [0.5, 0.6) is 0 Å². The Kier molecular flexibility index (Phi) is 4.69. The minimum atomic E-state index is -0.168. The second kappa shape index (κ2) is 6.70. The van der Waals surface area contributed by atoms with E-state index in [-0.39, 0.29) is 11.9 Å². The molecular formula is C14H18N4O. The zero-order valence-corrected chi connectivity index (χ0v) is 10.7. The Morgan fingerprint density at radius 2 is 2.16 bits per heavy atom. The number of nitrogens with two attached hydrogens (primary N) is 1. The van der Waals surface area contributed by atoms with Crippen molar-refractivity contribution in [3.8, 4) is 0 Å². The molecule has 2 aromatic rings. The predicted molar refractivity (Wildman–Crippen MR) is 73.2 cm³/mol. The van der Waals surface area contributed by atoms with Crippen LogP contribution in [0.2, 0.25) is 0 Å². The Bertz CT molecular complexity index is 495. The number of aryl methyl sites for hydroxylation is 1. The molecule has 19 heavy (non-hydrogen) atoms. The van der Waals surface area contributed by atoms with Crippen LogP contribution in [0, 0.1) is 0 Å². The van der Waals surface area contributed by atoms with Crippen LogP contribution in [0.25, 0.3) is 0 Å². The molecule has 100 valence electrons. The van der Waals surface area contributed by atoms with Gasteiger partial charge in [0.15, 0.2) is 0 Å². The zero-order valence-electron chi connectivity index (χ0n) is 10.7. The number of amides is 1. The number of hydrogen-bond donors (Lipinski definition) is 2. The lowest BCUT2D eigenvalue weighted by molar-refractivity contribution is -0.121. The van der Waals surface area contributed by atoms with E-state index >= 15 is 0 Å². The maximum atomic E-state index is 11.7. The monoisotopic (exact) mass is 258 g/mol. The SMILES string of the molecule is NC(CNC(=O)CCn1ccnc1)c1ccccc1. The summed E-state index contributed by atoms with van der Waals surface area (Å²) in [6, 6.07) is 9.58. The van der Waals surface area contributed by atoms with E-state index in [0.717, 1.165) is 5.56 Å². The fraction of sp³-hybridized carbons (Fsp3) is 0.286. The molecular weight excluding hydrogens is 240 g/mol. The minimum absolute atomic E-state index is 0.0000751. The van der Waals surface area contributed by atoms with Gasteiger partial charge in [0, 0.05) is 37.9 Å². The second-order valence-corrected chi connectivity index (χ2v) is 4.37. The van der Waals surface area contributed by atoms with Crippen LogP contribution < -0.4 is 11.1 Å². The first-order valence-electron chi connectivity index (χ1n) is 6.28. The average molecular weight is 258 g/mol. The molecule has 0 radical (unpaired) electrons. The minimum Gasteiger partial charge on any atom is -0.354 e. The van der Waals surface area contributed by atoms with Crippen LogP contribution in [-0.2, 0) is 11.3 Å². The van der Waals surface area contributed by atoms with Gasteiger partial charge in [-0.1, -0.05) is 30.3 Å². The van der Waals surface area contributed by atoms with Crippen molar-refractivity contribution in [2.24, 2.45) is 5.73 Å². The predicted octanol–water partition coefficient (Wildman–Crippen LogP) is 1.09. The standard InChI is InChI=1S/C14H18N4O/c15-13(12-4-2-1-3-5-12)10-17-14(19)6-8-18-9-7-16-11-18/h1-5,7,9,11,13H,6,8,10,15H2,(H,17,19). The molecule has 0 aliphatic carbocycles. The van der Waals surface area contributed by atoms with Crippen LogP contribution in [0.3, 0.4) is 0 Å². The molecule has 0 aliphatic heterocycles. The molecule has 5 heteroatoms. The fourth-order valence-electron chi connectivity index (χ4n) is 1.78. The molecule has 0 aliphatic rings. The van der Waals surface area contributed by atoms with Gasteiger partial charge in [-0.15, -0.1) is 0 Å². The topological polar surface area (TPSA) is 72.9 Å². The van der Waals surface area contributed by atoms with Crippen molar-refractivity contribution in [2.75, 3.05) is 6.54 Å². The third-order valence-electron chi connectivity index (χ3n) is 2.90. The number of carbonyl (C=O) groups excluding carboxylic acids is 1. The Hall–Kier alpha value is -2.14. The highest BCUT2D eigenvalue weighted by atomic mass is 16.1. The van der Waals surface area contributed by atoms with Crippen LogP contribution in [0.1, 0.15) is 18.0 Å². The van der Waals surface area contributed by atoms with Crippen LogP contribution in [0.15, 0.2) is 49.1 Å². The van der Waals surface area contributed by atoms with E-state index in [2.05, 4.69) is 10.3 Å². The zero-order chi connectivity index (χ0) is 13.5. The molecule has 0 saturated carbocycles. The Labute approximate surface area is 112 Å². The molecule has 0 saturated heterocycles. The summed E-state index contributed by atoms with van der Waals surface area (Å²) in [7, 11) is 0. The summed E-state index contributed by atoms with van der Waals surface area (Å²) >= 11 is 0. The molecule has 0 fully saturated rings. The van der Waals surface area contributed by atoms with Crippen LogP contribution in [-0.4, -0.2) is 22.0 Å². The van der Waals surface area contributed by atoms with E-state index in [1.54, 1.807) is 12.5 Å². The quantitative estimate of drug-likeness (QED) is 0.814. The molecule has 1 unspecified atom stereocenters. The third-order valence-corrected chi connectivity index (χ3v) is 2.90. The summed E-state index contributed by atoms with van der Waals surface area (Å²) in [6.45, 7) is 1.08. The van der Waals surface area contributed by atoms with Crippen molar-refractivity contribution >= 4 is 5.91 Å². The summed E-state index contributed by atoms with van der Waals surface area (Å²) in [6.07, 6.45) is 5.66. The smallest absolute Gasteiger partial charge is 0.221 e. The van der Waals surface area contributed by atoms with Crippen LogP contribution >= 0.6 is 0 Å². The number of nitrogens with one attached hydrogen (secondary N) is 1. The Morgan fingerprint density at radius 1 is 1.37 bits per heavy atom. The first-order valence-corrected chi connectivity index (χ1v) is 6.28. The molecule has 1 atom stereocenters. The van der Waals surface area contributed by atoms with Gasteiger partial charge in [0.25, 0.3) is 0 Å². The van der Waals surface area contributed by atoms with Crippen molar-refractivity contribution in [3.05, 3.63) is 54.6 Å². The number of carbonyl (C=O) groups is 1. The number of hydrogen-bond acceptors (Lipinski definition) is 3. The molecule has 1 heterocycles. The molecule has 5 nitrogen and oxygen atoms in total. The van der Waals surface area contributed by atoms with Crippen molar-refractivity contribution in [1.82, 2.24) is 14.9 Å². The van der Waals surface area contributed by atoms with Gasteiger partial charge >= 0.3 is 0 Å². The van der Waals surface area contributed by atoms with E-state index in [1.807, 2.05) is 41.1 Å². The van der Waals surface area contributed by atoms with Gasteiger partial charge in [-0.25, -0.2) is 4.98 Å². The highest BCUT2D eigenvalue weighted by Crippen LogP contribution is 2.07. The van der Waals surface area contributed by atoms with Gasteiger partial charge in [0.05, 0.1) is 6.33 Å². The summed E-state index contributed by atoms with van der Waals surface area (Å²) in [5.41, 5.74) is 7.03. The first-order chi connectivity index (χ1) is 9.25. The van der Waals surface area contributed by atoms with Crippen molar-refractivity contribution in [2.45, 2.75) is 19.0 Å². The maximum Gasteiger partial charge on any atom is 0.221 e. The summed E-state index contributed by atoms with van der Waals surface area (Å²) in [5.74, 6) is 0.0000751. The molecule has 1 amide bonds. The third kappa shape index (κ3) is 4.22. The highest BCUT2D eigenvalue weighted by molar-refractivity contribution is 5.75.